The fraction of sp³-hybridized carbons (Fsp3) is 0.222. The van der Waals surface area contributed by atoms with Crippen molar-refractivity contribution in [2.24, 2.45) is 0 Å². The standard InChI is InChI=1S/C18H19BrN2O2S/c1-12-4-3-5-16(10-12)20-17(22)11-24-13(2)18(23)21-15-8-6-14(19)7-9-15/h3-10,13H,11H2,1-2H3,(H,20,22)(H,21,23)/t13-/m1/s1. The molecule has 6 heteroatoms. The van der Waals surface area contributed by atoms with Gasteiger partial charge in [0.25, 0.3) is 0 Å². The Morgan fingerprint density at radius 3 is 2.46 bits per heavy atom. The maximum Gasteiger partial charge on any atom is 0.237 e. The highest BCUT2D eigenvalue weighted by atomic mass is 79.9. The summed E-state index contributed by atoms with van der Waals surface area (Å²) in [5.74, 6) is -0.0114. The van der Waals surface area contributed by atoms with E-state index in [-0.39, 0.29) is 22.8 Å². The zero-order chi connectivity index (χ0) is 17.5. The molecule has 0 bridgehead atoms. The van der Waals surface area contributed by atoms with Crippen molar-refractivity contribution in [2.45, 2.75) is 19.1 Å². The van der Waals surface area contributed by atoms with Crippen molar-refractivity contribution < 1.29 is 9.59 Å². The molecule has 0 unspecified atom stereocenters. The van der Waals surface area contributed by atoms with Crippen molar-refractivity contribution in [1.29, 1.82) is 0 Å². The predicted octanol–water partition coefficient (Wildman–Crippen LogP) is 4.46. The molecule has 0 aliphatic heterocycles. The lowest BCUT2D eigenvalue weighted by molar-refractivity contribution is -0.115. The average molecular weight is 407 g/mol. The van der Waals surface area contributed by atoms with Crippen molar-refractivity contribution in [3.8, 4) is 0 Å². The highest BCUT2D eigenvalue weighted by molar-refractivity contribution is 9.10. The van der Waals surface area contributed by atoms with E-state index in [0.29, 0.717) is 0 Å². The van der Waals surface area contributed by atoms with Crippen molar-refractivity contribution >= 4 is 50.9 Å². The number of nitrogens with one attached hydrogen (secondary N) is 2. The Morgan fingerprint density at radius 2 is 1.79 bits per heavy atom. The second kappa shape index (κ2) is 8.89. The van der Waals surface area contributed by atoms with Gasteiger partial charge in [-0.25, -0.2) is 0 Å². The molecule has 0 aromatic heterocycles. The van der Waals surface area contributed by atoms with E-state index in [1.54, 1.807) is 6.92 Å². The van der Waals surface area contributed by atoms with Gasteiger partial charge in [-0.3, -0.25) is 9.59 Å². The van der Waals surface area contributed by atoms with Crippen molar-refractivity contribution in [3.63, 3.8) is 0 Å². The van der Waals surface area contributed by atoms with E-state index in [1.807, 2.05) is 55.5 Å². The van der Waals surface area contributed by atoms with Crippen molar-refractivity contribution in [3.05, 3.63) is 58.6 Å². The summed E-state index contributed by atoms with van der Waals surface area (Å²) in [6, 6.07) is 15.0. The number of aryl methyl sites for hydroxylation is 1. The molecule has 0 aliphatic carbocycles. The summed E-state index contributed by atoms with van der Waals surface area (Å²) in [6.45, 7) is 3.76. The number of carbonyl (C=O) groups excluding carboxylic acids is 2. The van der Waals surface area contributed by atoms with Crippen LogP contribution in [-0.2, 0) is 9.59 Å². The van der Waals surface area contributed by atoms with E-state index in [0.717, 1.165) is 21.4 Å². The van der Waals surface area contributed by atoms with Gasteiger partial charge in [-0.15, -0.1) is 11.8 Å². The van der Waals surface area contributed by atoms with E-state index in [4.69, 9.17) is 0 Å². The lowest BCUT2D eigenvalue weighted by Gasteiger charge is -2.12. The summed E-state index contributed by atoms with van der Waals surface area (Å²) in [6.07, 6.45) is 0. The Labute approximate surface area is 154 Å². The van der Waals surface area contributed by atoms with Crippen LogP contribution in [0.5, 0.6) is 0 Å². The van der Waals surface area contributed by atoms with Crippen LogP contribution in [0.2, 0.25) is 0 Å². The van der Waals surface area contributed by atoms with Gasteiger partial charge < -0.3 is 10.6 Å². The van der Waals surface area contributed by atoms with Gasteiger partial charge in [-0.1, -0.05) is 28.1 Å². The van der Waals surface area contributed by atoms with Gasteiger partial charge in [0.05, 0.1) is 11.0 Å². The predicted molar refractivity (Wildman–Crippen MR) is 105 cm³/mol. The topological polar surface area (TPSA) is 58.2 Å². The normalized spacial score (nSPS) is 11.6. The van der Waals surface area contributed by atoms with Gasteiger partial charge in [-0.05, 0) is 55.8 Å². The third kappa shape index (κ3) is 6.02. The Bertz CT molecular complexity index is 719. The quantitative estimate of drug-likeness (QED) is 0.744. The summed E-state index contributed by atoms with van der Waals surface area (Å²) in [5.41, 5.74) is 2.59. The molecule has 2 aromatic carbocycles. The molecule has 2 N–H and O–H groups in total. The molecule has 0 heterocycles. The molecule has 2 rings (SSSR count). The minimum absolute atomic E-state index is 0.117. The Balaban J connectivity index is 1.79. The Morgan fingerprint density at radius 1 is 1.08 bits per heavy atom. The second-order valence-electron chi connectivity index (χ2n) is 5.37. The number of anilines is 2. The first-order valence-corrected chi connectivity index (χ1v) is 9.33. The van der Waals surface area contributed by atoms with Gasteiger partial charge >= 0.3 is 0 Å². The van der Waals surface area contributed by atoms with Gasteiger partial charge in [0.15, 0.2) is 0 Å². The smallest absolute Gasteiger partial charge is 0.237 e. The summed E-state index contributed by atoms with van der Waals surface area (Å²) in [4.78, 5) is 24.1. The number of hydrogen-bond acceptors (Lipinski definition) is 3. The third-order valence-corrected chi connectivity index (χ3v) is 4.92. The SMILES string of the molecule is Cc1cccc(NC(=O)CS[C@H](C)C(=O)Nc2ccc(Br)cc2)c1. The fourth-order valence-electron chi connectivity index (χ4n) is 1.97. The molecular weight excluding hydrogens is 388 g/mol. The van der Waals surface area contributed by atoms with Crippen LogP contribution in [0.25, 0.3) is 0 Å². The van der Waals surface area contributed by atoms with E-state index in [9.17, 15) is 9.59 Å². The van der Waals surface area contributed by atoms with E-state index in [2.05, 4.69) is 26.6 Å². The molecule has 24 heavy (non-hydrogen) atoms. The summed E-state index contributed by atoms with van der Waals surface area (Å²) in [7, 11) is 0. The molecule has 0 spiro atoms. The van der Waals surface area contributed by atoms with Crippen LogP contribution in [0.4, 0.5) is 11.4 Å². The van der Waals surface area contributed by atoms with Crippen LogP contribution < -0.4 is 10.6 Å². The van der Waals surface area contributed by atoms with Gasteiger partial charge in [0, 0.05) is 15.8 Å². The summed E-state index contributed by atoms with van der Waals surface area (Å²) in [5, 5.41) is 5.35. The zero-order valence-electron chi connectivity index (χ0n) is 13.5. The number of amides is 2. The average Bonchev–Trinajstić information content (AvgIpc) is 2.54. The number of halogens is 1. The van der Waals surface area contributed by atoms with Crippen LogP contribution in [0.3, 0.4) is 0 Å². The van der Waals surface area contributed by atoms with Gasteiger partial charge in [0.2, 0.25) is 11.8 Å². The third-order valence-electron chi connectivity index (χ3n) is 3.25. The largest absolute Gasteiger partial charge is 0.325 e. The minimum Gasteiger partial charge on any atom is -0.325 e. The lowest BCUT2D eigenvalue weighted by Crippen LogP contribution is -2.25. The first-order valence-electron chi connectivity index (χ1n) is 7.48. The highest BCUT2D eigenvalue weighted by Crippen LogP contribution is 2.17. The lowest BCUT2D eigenvalue weighted by atomic mass is 10.2. The maximum atomic E-state index is 12.1. The molecule has 0 saturated heterocycles. The number of benzene rings is 2. The molecule has 126 valence electrons. The minimum atomic E-state index is -0.322. The van der Waals surface area contributed by atoms with Crippen LogP contribution in [0, 0.1) is 6.92 Å². The fourth-order valence-corrected chi connectivity index (χ4v) is 2.92. The van der Waals surface area contributed by atoms with E-state index < -0.39 is 0 Å². The van der Waals surface area contributed by atoms with Crippen LogP contribution in [0.1, 0.15) is 12.5 Å². The summed E-state index contributed by atoms with van der Waals surface area (Å²) >= 11 is 4.66. The molecule has 2 amide bonds. The molecule has 0 fully saturated rings. The van der Waals surface area contributed by atoms with Crippen molar-refractivity contribution in [1.82, 2.24) is 0 Å². The van der Waals surface area contributed by atoms with Crippen LogP contribution in [0.15, 0.2) is 53.0 Å². The molecule has 4 nitrogen and oxygen atoms in total. The first kappa shape index (κ1) is 18.5. The molecule has 0 radical (unpaired) electrons. The molecule has 0 aliphatic rings. The molecule has 1 atom stereocenters. The van der Waals surface area contributed by atoms with Gasteiger partial charge in [-0.2, -0.15) is 0 Å². The monoisotopic (exact) mass is 406 g/mol. The van der Waals surface area contributed by atoms with Gasteiger partial charge in [0.1, 0.15) is 0 Å². The van der Waals surface area contributed by atoms with E-state index >= 15 is 0 Å². The Kier molecular flexibility index (Phi) is 6.87. The van der Waals surface area contributed by atoms with Crippen LogP contribution >= 0.6 is 27.7 Å². The summed E-state index contributed by atoms with van der Waals surface area (Å²) < 4.78 is 0.954. The molecule has 2 aromatic rings. The number of rotatable bonds is 6. The molecule has 0 saturated carbocycles. The van der Waals surface area contributed by atoms with Crippen molar-refractivity contribution in [2.75, 3.05) is 16.4 Å². The number of carbonyl (C=O) groups is 2. The maximum absolute atomic E-state index is 12.1. The van der Waals surface area contributed by atoms with Crippen LogP contribution in [-0.4, -0.2) is 22.8 Å². The Hall–Kier alpha value is -1.79. The number of thioether (sulfide) groups is 1. The first-order chi connectivity index (χ1) is 11.4. The second-order valence-corrected chi connectivity index (χ2v) is 7.61. The zero-order valence-corrected chi connectivity index (χ0v) is 15.9. The molecular formula is C18H19BrN2O2S. The van der Waals surface area contributed by atoms with E-state index in [1.165, 1.54) is 11.8 Å². The number of hydrogen-bond donors (Lipinski definition) is 2. The highest BCUT2D eigenvalue weighted by Gasteiger charge is 2.15.